The minimum atomic E-state index is -3.11. The van der Waals surface area contributed by atoms with E-state index in [9.17, 15) is 22.8 Å². The first kappa shape index (κ1) is 21.7. The lowest BCUT2D eigenvalue weighted by molar-refractivity contribution is -0.119. The molecule has 28 heavy (non-hydrogen) atoms. The number of rotatable bonds is 6. The van der Waals surface area contributed by atoms with Crippen LogP contribution in [0, 0.1) is 5.92 Å². The van der Waals surface area contributed by atoms with Crippen LogP contribution in [0.4, 0.5) is 16.2 Å². The molecule has 0 spiro atoms. The summed E-state index contributed by atoms with van der Waals surface area (Å²) in [5.41, 5.74) is 1.02. The quantitative estimate of drug-likeness (QED) is 0.557. The second kappa shape index (κ2) is 9.05. The number of anilines is 2. The van der Waals surface area contributed by atoms with E-state index in [-0.39, 0.29) is 23.3 Å². The fraction of sp³-hybridized carbons (Fsp3) is 0.500. The molecule has 1 heterocycles. The molecule has 2 rings (SSSR count). The lowest BCUT2D eigenvalue weighted by atomic mass is 10.0. The van der Waals surface area contributed by atoms with E-state index < -0.39 is 33.9 Å². The molecule has 4 amide bonds. The van der Waals surface area contributed by atoms with Gasteiger partial charge in [-0.2, -0.15) is 0 Å². The molecule has 1 aliphatic rings. The van der Waals surface area contributed by atoms with Crippen molar-refractivity contribution in [2.75, 3.05) is 22.1 Å². The van der Waals surface area contributed by atoms with Gasteiger partial charge in [0.15, 0.2) is 9.84 Å². The summed E-state index contributed by atoms with van der Waals surface area (Å²) in [6.45, 7) is 4.97. The molecule has 1 fully saturated rings. The van der Waals surface area contributed by atoms with Crippen LogP contribution in [-0.2, 0) is 19.4 Å². The molecule has 0 saturated carbocycles. The van der Waals surface area contributed by atoms with Crippen molar-refractivity contribution in [3.63, 3.8) is 0 Å². The summed E-state index contributed by atoms with van der Waals surface area (Å²) < 4.78 is 23.0. The van der Waals surface area contributed by atoms with Crippen LogP contribution in [0.15, 0.2) is 24.3 Å². The second-order valence-electron chi connectivity index (χ2n) is 7.19. The number of carbonyl (C=O) groups is 3. The molecular weight excluding hydrogens is 384 g/mol. The number of benzene rings is 1. The van der Waals surface area contributed by atoms with Gasteiger partial charge in [-0.05, 0) is 30.5 Å². The van der Waals surface area contributed by atoms with Gasteiger partial charge in [0.2, 0.25) is 11.8 Å². The van der Waals surface area contributed by atoms with E-state index in [1.54, 1.807) is 38.1 Å². The molecule has 1 aromatic carbocycles. The fourth-order valence-corrected chi connectivity index (χ4v) is 4.58. The van der Waals surface area contributed by atoms with Crippen molar-refractivity contribution in [1.29, 1.82) is 0 Å². The minimum absolute atomic E-state index is 0.0523. The van der Waals surface area contributed by atoms with E-state index in [1.807, 2.05) is 0 Å². The Morgan fingerprint density at radius 2 is 1.75 bits per heavy atom. The summed E-state index contributed by atoms with van der Waals surface area (Å²) in [6.07, 6.45) is 0.365. The first-order valence-corrected chi connectivity index (χ1v) is 10.8. The SMILES string of the molecule is CC(=O)Nc1cccc(NC(=O)[C@@H](NC(=O)NC2CCS(=O)(=O)C2)C(C)C)c1. The number of sulfone groups is 1. The van der Waals surface area contributed by atoms with E-state index in [0.29, 0.717) is 17.8 Å². The maximum Gasteiger partial charge on any atom is 0.315 e. The van der Waals surface area contributed by atoms with Crippen molar-refractivity contribution in [2.45, 2.75) is 39.3 Å². The van der Waals surface area contributed by atoms with Gasteiger partial charge in [-0.15, -0.1) is 0 Å². The smallest absolute Gasteiger partial charge is 0.315 e. The largest absolute Gasteiger partial charge is 0.334 e. The Hall–Kier alpha value is -2.62. The number of hydrogen-bond donors (Lipinski definition) is 4. The maximum absolute atomic E-state index is 12.6. The van der Waals surface area contributed by atoms with Gasteiger partial charge >= 0.3 is 6.03 Å². The van der Waals surface area contributed by atoms with Crippen molar-refractivity contribution in [3.8, 4) is 0 Å². The first-order chi connectivity index (χ1) is 13.1. The van der Waals surface area contributed by atoms with Gasteiger partial charge in [0, 0.05) is 24.3 Å². The minimum Gasteiger partial charge on any atom is -0.334 e. The van der Waals surface area contributed by atoms with E-state index in [2.05, 4.69) is 21.3 Å². The number of hydrogen-bond acceptors (Lipinski definition) is 5. The second-order valence-corrected chi connectivity index (χ2v) is 9.42. The average molecular weight is 410 g/mol. The van der Waals surface area contributed by atoms with Gasteiger partial charge in [-0.3, -0.25) is 9.59 Å². The van der Waals surface area contributed by atoms with E-state index in [0.717, 1.165) is 0 Å². The molecule has 4 N–H and O–H groups in total. The first-order valence-electron chi connectivity index (χ1n) is 9.01. The lowest BCUT2D eigenvalue weighted by Crippen LogP contribution is -2.52. The number of urea groups is 1. The summed E-state index contributed by atoms with van der Waals surface area (Å²) in [5, 5.41) is 10.6. The Labute approximate surface area is 164 Å². The van der Waals surface area contributed by atoms with Crippen LogP contribution >= 0.6 is 0 Å². The number of nitrogens with one attached hydrogen (secondary N) is 4. The van der Waals surface area contributed by atoms with Crippen LogP contribution in [-0.4, -0.2) is 49.9 Å². The molecule has 0 bridgehead atoms. The maximum atomic E-state index is 12.6. The Bertz CT molecular complexity index is 853. The van der Waals surface area contributed by atoms with Gasteiger partial charge in [0.25, 0.3) is 0 Å². The molecule has 1 saturated heterocycles. The third kappa shape index (κ3) is 6.52. The summed E-state index contributed by atoms with van der Waals surface area (Å²) in [7, 11) is -3.11. The van der Waals surface area contributed by atoms with Crippen molar-refractivity contribution < 1.29 is 22.8 Å². The molecule has 154 valence electrons. The van der Waals surface area contributed by atoms with Crippen molar-refractivity contribution in [2.24, 2.45) is 5.92 Å². The molecule has 1 aromatic rings. The zero-order valence-corrected chi connectivity index (χ0v) is 16.9. The molecular formula is C18H26N4O5S. The molecule has 1 unspecified atom stereocenters. The summed E-state index contributed by atoms with van der Waals surface area (Å²) in [6, 6.07) is 4.81. The highest BCUT2D eigenvalue weighted by Crippen LogP contribution is 2.16. The van der Waals surface area contributed by atoms with Crippen LogP contribution in [0.5, 0.6) is 0 Å². The third-order valence-electron chi connectivity index (χ3n) is 4.25. The zero-order valence-electron chi connectivity index (χ0n) is 16.1. The molecule has 10 heteroatoms. The predicted octanol–water partition coefficient (Wildman–Crippen LogP) is 1.09. The van der Waals surface area contributed by atoms with Gasteiger partial charge in [-0.1, -0.05) is 19.9 Å². The van der Waals surface area contributed by atoms with E-state index in [1.165, 1.54) is 6.92 Å². The van der Waals surface area contributed by atoms with Crippen LogP contribution in [0.25, 0.3) is 0 Å². The van der Waals surface area contributed by atoms with Crippen molar-refractivity contribution in [3.05, 3.63) is 24.3 Å². The Balaban J connectivity index is 1.98. The molecule has 1 aliphatic heterocycles. The Morgan fingerprint density at radius 3 is 2.29 bits per heavy atom. The van der Waals surface area contributed by atoms with Gasteiger partial charge in [0.1, 0.15) is 6.04 Å². The van der Waals surface area contributed by atoms with Crippen LogP contribution in [0.1, 0.15) is 27.2 Å². The summed E-state index contributed by atoms with van der Waals surface area (Å²) >= 11 is 0. The highest BCUT2D eigenvalue weighted by molar-refractivity contribution is 7.91. The number of carbonyl (C=O) groups excluding carboxylic acids is 3. The van der Waals surface area contributed by atoms with Gasteiger partial charge < -0.3 is 21.3 Å². The van der Waals surface area contributed by atoms with Gasteiger partial charge in [-0.25, -0.2) is 13.2 Å². The molecule has 0 radical (unpaired) electrons. The van der Waals surface area contributed by atoms with Crippen LogP contribution < -0.4 is 21.3 Å². The molecule has 0 aliphatic carbocycles. The van der Waals surface area contributed by atoms with E-state index in [4.69, 9.17) is 0 Å². The molecule has 0 aromatic heterocycles. The van der Waals surface area contributed by atoms with Crippen LogP contribution in [0.3, 0.4) is 0 Å². The monoisotopic (exact) mass is 410 g/mol. The highest BCUT2D eigenvalue weighted by Gasteiger charge is 2.30. The summed E-state index contributed by atoms with van der Waals surface area (Å²) in [5.74, 6) is -0.873. The lowest BCUT2D eigenvalue weighted by Gasteiger charge is -2.23. The van der Waals surface area contributed by atoms with Gasteiger partial charge in [0.05, 0.1) is 11.5 Å². The Morgan fingerprint density at radius 1 is 1.11 bits per heavy atom. The van der Waals surface area contributed by atoms with Crippen molar-refractivity contribution >= 4 is 39.1 Å². The zero-order chi connectivity index (χ0) is 20.9. The van der Waals surface area contributed by atoms with Crippen molar-refractivity contribution in [1.82, 2.24) is 10.6 Å². The third-order valence-corrected chi connectivity index (χ3v) is 6.02. The predicted molar refractivity (Wildman–Crippen MR) is 107 cm³/mol. The Kier molecular flexibility index (Phi) is 7.00. The van der Waals surface area contributed by atoms with E-state index >= 15 is 0 Å². The topological polar surface area (TPSA) is 133 Å². The highest BCUT2D eigenvalue weighted by atomic mass is 32.2. The van der Waals surface area contributed by atoms with Crippen LogP contribution in [0.2, 0.25) is 0 Å². The molecule has 2 atom stereocenters. The molecule has 9 nitrogen and oxygen atoms in total. The fourth-order valence-electron chi connectivity index (χ4n) is 2.91. The standard InChI is InChI=1S/C18H26N4O5S/c1-11(2)16(22-18(25)21-15-7-8-28(26,27)10-15)17(24)20-14-6-4-5-13(9-14)19-12(3)23/h4-6,9,11,15-16H,7-8,10H2,1-3H3,(H,19,23)(H,20,24)(H2,21,22,25)/t15?,16-/m0/s1. The summed E-state index contributed by atoms with van der Waals surface area (Å²) in [4.78, 5) is 36.0. The number of amides is 4. The average Bonchev–Trinajstić information content (AvgIpc) is 2.90. The normalized spacial score (nSPS) is 18.9.